The topological polar surface area (TPSA) is 112 Å². The van der Waals surface area contributed by atoms with Crippen LogP contribution in [0.1, 0.15) is 65.5 Å². The summed E-state index contributed by atoms with van der Waals surface area (Å²) in [6.07, 6.45) is 1.04. The van der Waals surface area contributed by atoms with Crippen molar-refractivity contribution in [3.05, 3.63) is 64.7 Å². The molecule has 3 N–H and O–H groups in total. The molecule has 0 aliphatic heterocycles. The highest BCUT2D eigenvalue weighted by atomic mass is 16.4. The second kappa shape index (κ2) is 10.3. The summed E-state index contributed by atoms with van der Waals surface area (Å²) in [6.45, 7) is 7.32. The van der Waals surface area contributed by atoms with Crippen molar-refractivity contribution in [1.82, 2.24) is 0 Å². The fraction of sp³-hybridized carbons (Fsp3) is 0.318. The van der Waals surface area contributed by atoms with Crippen molar-refractivity contribution in [3.63, 3.8) is 0 Å². The van der Waals surface area contributed by atoms with Crippen LogP contribution in [0.3, 0.4) is 0 Å². The van der Waals surface area contributed by atoms with Gasteiger partial charge in [-0.3, -0.25) is 9.59 Å². The van der Waals surface area contributed by atoms with E-state index < -0.39 is 23.6 Å². The van der Waals surface area contributed by atoms with E-state index in [1.54, 1.807) is 6.92 Å². The molecule has 0 spiro atoms. The van der Waals surface area contributed by atoms with Crippen molar-refractivity contribution < 1.29 is 29.7 Å². The number of carboxylic acids is 2. The number of aliphatic carboxylic acids is 1. The van der Waals surface area contributed by atoms with Gasteiger partial charge in [-0.2, -0.15) is 0 Å². The minimum absolute atomic E-state index is 0.0277. The first kappa shape index (κ1) is 22.9. The number of phenols is 1. The summed E-state index contributed by atoms with van der Waals surface area (Å²) in [5.74, 6) is -2.64. The standard InChI is InChI=1S/C13H18O2.C9H8O4/c1-9(2)8-11-4-6-12(7-5-11)10(3)13(14)15;1-5(10)6-3-2-4-7(8(6)11)9(12)13/h4-7,9-10H,8H2,1-3H3,(H,14,15);2-4,11H,1H3,(H,12,13). The average molecular weight is 386 g/mol. The highest BCUT2D eigenvalue weighted by Gasteiger charge is 2.15. The molecule has 0 saturated heterocycles. The van der Waals surface area contributed by atoms with E-state index in [4.69, 9.17) is 10.2 Å². The molecule has 0 heterocycles. The van der Waals surface area contributed by atoms with Crippen molar-refractivity contribution in [3.8, 4) is 5.75 Å². The fourth-order valence-corrected chi connectivity index (χ4v) is 2.56. The first-order chi connectivity index (χ1) is 13.0. The number of hydrogen-bond acceptors (Lipinski definition) is 4. The van der Waals surface area contributed by atoms with E-state index in [0.717, 1.165) is 12.0 Å². The SMILES string of the molecule is CC(=O)c1cccc(C(=O)O)c1O.CC(C)Cc1ccc(C(C)C(=O)O)cc1. The zero-order valence-electron chi connectivity index (χ0n) is 16.5. The van der Waals surface area contributed by atoms with Gasteiger partial charge < -0.3 is 15.3 Å². The van der Waals surface area contributed by atoms with Crippen LogP contribution in [0.2, 0.25) is 0 Å². The third-order valence-corrected chi connectivity index (χ3v) is 4.14. The molecule has 0 amide bonds. The third-order valence-electron chi connectivity index (χ3n) is 4.14. The van der Waals surface area contributed by atoms with Gasteiger partial charge >= 0.3 is 11.9 Å². The summed E-state index contributed by atoms with van der Waals surface area (Å²) in [6, 6.07) is 11.9. The summed E-state index contributed by atoms with van der Waals surface area (Å²) < 4.78 is 0. The van der Waals surface area contributed by atoms with Crippen LogP contribution in [0.5, 0.6) is 5.75 Å². The van der Waals surface area contributed by atoms with E-state index >= 15 is 0 Å². The van der Waals surface area contributed by atoms with Crippen molar-refractivity contribution >= 4 is 17.7 Å². The fourth-order valence-electron chi connectivity index (χ4n) is 2.56. The van der Waals surface area contributed by atoms with E-state index in [-0.39, 0.29) is 16.9 Å². The lowest BCUT2D eigenvalue weighted by atomic mass is 9.97. The maximum absolute atomic E-state index is 10.9. The van der Waals surface area contributed by atoms with Crippen LogP contribution in [0.15, 0.2) is 42.5 Å². The lowest BCUT2D eigenvalue weighted by Crippen LogP contribution is -2.07. The predicted molar refractivity (Wildman–Crippen MR) is 106 cm³/mol. The molecular weight excluding hydrogens is 360 g/mol. The molecule has 0 aliphatic carbocycles. The largest absolute Gasteiger partial charge is 0.506 e. The van der Waals surface area contributed by atoms with Crippen molar-refractivity contribution in [2.75, 3.05) is 0 Å². The summed E-state index contributed by atoms with van der Waals surface area (Å²) in [5, 5.41) is 26.8. The van der Waals surface area contributed by atoms with Crippen molar-refractivity contribution in [2.45, 2.75) is 40.0 Å². The van der Waals surface area contributed by atoms with E-state index in [2.05, 4.69) is 13.8 Å². The third kappa shape index (κ3) is 6.54. The van der Waals surface area contributed by atoms with Gasteiger partial charge in [-0.25, -0.2) is 4.79 Å². The van der Waals surface area contributed by atoms with E-state index in [9.17, 15) is 19.5 Å². The highest BCUT2D eigenvalue weighted by molar-refractivity contribution is 6.01. The number of aromatic hydroxyl groups is 1. The Labute approximate surface area is 164 Å². The zero-order chi connectivity index (χ0) is 21.4. The van der Waals surface area contributed by atoms with Gasteiger partial charge in [-0.15, -0.1) is 0 Å². The Kier molecular flexibility index (Phi) is 8.38. The van der Waals surface area contributed by atoms with Gasteiger partial charge in [0, 0.05) is 0 Å². The minimum atomic E-state index is -1.25. The van der Waals surface area contributed by atoms with Gasteiger partial charge in [0.2, 0.25) is 0 Å². The second-order valence-corrected chi connectivity index (χ2v) is 6.96. The molecule has 0 radical (unpaired) electrons. The number of carboxylic acid groups (broad SMARTS) is 2. The Morgan fingerprint density at radius 2 is 1.43 bits per heavy atom. The van der Waals surface area contributed by atoms with Crippen LogP contribution in [0.4, 0.5) is 0 Å². The van der Waals surface area contributed by atoms with Gasteiger partial charge in [0.15, 0.2) is 5.78 Å². The van der Waals surface area contributed by atoms with Crippen LogP contribution >= 0.6 is 0 Å². The van der Waals surface area contributed by atoms with Crippen molar-refractivity contribution in [1.29, 1.82) is 0 Å². The molecular formula is C22H26O6. The number of carbonyl (C=O) groups excluding carboxylic acids is 1. The molecule has 2 aromatic carbocycles. The molecule has 0 saturated carbocycles. The first-order valence-electron chi connectivity index (χ1n) is 8.92. The molecule has 1 atom stereocenters. The lowest BCUT2D eigenvalue weighted by molar-refractivity contribution is -0.138. The maximum atomic E-state index is 10.9. The van der Waals surface area contributed by atoms with E-state index in [1.807, 2.05) is 24.3 Å². The molecule has 2 rings (SSSR count). The Hall–Kier alpha value is -3.15. The lowest BCUT2D eigenvalue weighted by Gasteiger charge is -2.09. The Morgan fingerprint density at radius 3 is 1.86 bits per heavy atom. The number of rotatable bonds is 6. The molecule has 1 unspecified atom stereocenters. The summed E-state index contributed by atoms with van der Waals surface area (Å²) in [5.41, 5.74) is 1.91. The maximum Gasteiger partial charge on any atom is 0.339 e. The molecule has 0 fully saturated rings. The molecule has 6 nitrogen and oxygen atoms in total. The molecule has 0 bridgehead atoms. The van der Waals surface area contributed by atoms with E-state index in [0.29, 0.717) is 5.92 Å². The Balaban J connectivity index is 0.000000283. The van der Waals surface area contributed by atoms with Gasteiger partial charge in [0.1, 0.15) is 11.3 Å². The average Bonchev–Trinajstić information content (AvgIpc) is 2.61. The number of hydrogen-bond donors (Lipinski definition) is 3. The zero-order valence-corrected chi connectivity index (χ0v) is 16.5. The smallest absolute Gasteiger partial charge is 0.339 e. The normalized spacial score (nSPS) is 11.3. The van der Waals surface area contributed by atoms with E-state index in [1.165, 1.54) is 30.7 Å². The van der Waals surface area contributed by atoms with Crippen LogP contribution in [0.25, 0.3) is 0 Å². The number of Topliss-reactive ketones (excluding diaryl/α,β-unsaturated/α-hetero) is 1. The van der Waals surface area contributed by atoms with Gasteiger partial charge in [0.25, 0.3) is 0 Å². The van der Waals surface area contributed by atoms with Gasteiger partial charge in [-0.1, -0.05) is 44.2 Å². The number of benzene rings is 2. The molecule has 0 aromatic heterocycles. The monoisotopic (exact) mass is 386 g/mol. The molecule has 0 aliphatic rings. The van der Waals surface area contributed by atoms with Crippen LogP contribution in [-0.2, 0) is 11.2 Å². The molecule has 2 aromatic rings. The van der Waals surface area contributed by atoms with Crippen LogP contribution in [-0.4, -0.2) is 33.0 Å². The Morgan fingerprint density at radius 1 is 0.893 bits per heavy atom. The number of ketones is 1. The summed E-state index contributed by atoms with van der Waals surface area (Å²) in [7, 11) is 0. The quantitative estimate of drug-likeness (QED) is 0.636. The van der Waals surface area contributed by atoms with Gasteiger partial charge in [0.05, 0.1) is 11.5 Å². The van der Waals surface area contributed by atoms with Crippen LogP contribution < -0.4 is 0 Å². The Bertz CT molecular complexity index is 804. The minimum Gasteiger partial charge on any atom is -0.506 e. The van der Waals surface area contributed by atoms with Gasteiger partial charge in [-0.05, 0) is 49.4 Å². The highest BCUT2D eigenvalue weighted by Crippen LogP contribution is 2.22. The molecule has 6 heteroatoms. The predicted octanol–water partition coefficient (Wildman–Crippen LogP) is 4.37. The summed E-state index contributed by atoms with van der Waals surface area (Å²) in [4.78, 5) is 32.2. The number of carbonyl (C=O) groups is 3. The van der Waals surface area contributed by atoms with Crippen molar-refractivity contribution in [2.24, 2.45) is 5.92 Å². The molecule has 28 heavy (non-hydrogen) atoms. The molecule has 150 valence electrons. The summed E-state index contributed by atoms with van der Waals surface area (Å²) >= 11 is 0. The second-order valence-electron chi connectivity index (χ2n) is 6.96. The van der Waals surface area contributed by atoms with Crippen LogP contribution in [0, 0.1) is 5.92 Å². The first-order valence-corrected chi connectivity index (χ1v) is 8.92. The number of para-hydroxylation sites is 1. The number of aromatic carboxylic acids is 1.